The highest BCUT2D eigenvalue weighted by atomic mass is 32.3. The number of nitrogens with one attached hydrogen (secondary N) is 2. The summed E-state index contributed by atoms with van der Waals surface area (Å²) in [7, 11) is -25.4. The van der Waals surface area contributed by atoms with Gasteiger partial charge >= 0.3 is 57.8 Å². The zero-order valence-corrected chi connectivity index (χ0v) is 32.3. The van der Waals surface area contributed by atoms with E-state index in [0.717, 1.165) is 14.2 Å². The molecule has 0 spiro atoms. The Morgan fingerprint density at radius 1 is 0.561 bits per heavy atom. The number of ether oxygens (including phenoxy) is 7. The number of rotatable bonds is 19. The van der Waals surface area contributed by atoms with E-state index in [0.29, 0.717) is 0 Å². The van der Waals surface area contributed by atoms with Crippen LogP contribution in [0.1, 0.15) is 0 Å². The number of hydrogen-bond acceptors (Lipinski definition) is 24. The standard InChI is InChI=1S/C20H36N2O30S5/c1-43-12-5(3-45-55(34,35)36)48-19(8(9(12)23)22-54(31,32)33)50-14-11(25)15(52-57(40,41)42)20(51-16(14)17(26)27)49-13-6(4-46-56(37,38)39)47-18(44-2)7(10(13)24)21-53(28,29)30/h5-16,18-25H,3-4H2,1-2H3,(H,26,27)(H,28,29,30)(H,31,32,33)(H,34,35,36)(H,37,38,39)(H,40,41,42). The molecule has 15 atom stereocenters. The highest BCUT2D eigenvalue weighted by Crippen LogP contribution is 2.35. The van der Waals surface area contributed by atoms with Crippen molar-refractivity contribution in [3.05, 3.63) is 0 Å². The van der Waals surface area contributed by atoms with Gasteiger partial charge in [0.05, 0.1) is 13.2 Å². The molecule has 0 bridgehead atoms. The van der Waals surface area contributed by atoms with Crippen molar-refractivity contribution < 1.29 is 136 Å². The second-order valence-corrected chi connectivity index (χ2v) is 17.2. The molecule has 3 aliphatic heterocycles. The highest BCUT2D eigenvalue weighted by molar-refractivity contribution is 7.84. The first kappa shape index (κ1) is 49.8. The van der Waals surface area contributed by atoms with Crippen LogP contribution in [0, 0.1) is 0 Å². The first-order chi connectivity index (χ1) is 25.8. The van der Waals surface area contributed by atoms with Crippen molar-refractivity contribution in [2.24, 2.45) is 0 Å². The number of carbonyl (C=O) groups is 1. The summed E-state index contributed by atoms with van der Waals surface area (Å²) in [6.45, 7) is -2.63. The lowest BCUT2D eigenvalue weighted by Gasteiger charge is -2.49. The van der Waals surface area contributed by atoms with Crippen LogP contribution < -0.4 is 9.44 Å². The second-order valence-electron chi connectivity index (χ2n) is 11.6. The summed E-state index contributed by atoms with van der Waals surface area (Å²) in [5.41, 5.74) is 0. The van der Waals surface area contributed by atoms with E-state index in [-0.39, 0.29) is 0 Å². The zero-order chi connectivity index (χ0) is 43.6. The summed E-state index contributed by atoms with van der Waals surface area (Å²) in [4.78, 5) is 12.5. The Labute approximate surface area is 321 Å². The predicted octanol–water partition coefficient (Wildman–Crippen LogP) is -7.89. The van der Waals surface area contributed by atoms with Crippen LogP contribution in [0.5, 0.6) is 0 Å². The Kier molecular flexibility index (Phi) is 16.6. The van der Waals surface area contributed by atoms with Crippen LogP contribution in [0.2, 0.25) is 0 Å². The summed E-state index contributed by atoms with van der Waals surface area (Å²) in [5, 5.41) is 43.4. The molecule has 3 fully saturated rings. The zero-order valence-electron chi connectivity index (χ0n) is 28.2. The number of carboxylic acid groups (broad SMARTS) is 1. The van der Waals surface area contributed by atoms with E-state index in [1.54, 1.807) is 0 Å². The van der Waals surface area contributed by atoms with Gasteiger partial charge < -0.3 is 53.6 Å². The third-order valence-electron chi connectivity index (χ3n) is 7.76. The van der Waals surface area contributed by atoms with Gasteiger partial charge in [-0.15, -0.1) is 0 Å². The average molecular weight is 945 g/mol. The van der Waals surface area contributed by atoms with Gasteiger partial charge in [0.15, 0.2) is 31.1 Å². The summed E-state index contributed by atoms with van der Waals surface area (Å²) < 4.78 is 214. The van der Waals surface area contributed by atoms with E-state index in [1.165, 1.54) is 9.44 Å². The fourth-order valence-electron chi connectivity index (χ4n) is 5.63. The molecule has 0 aromatic carbocycles. The molecule has 37 heteroatoms. The smallest absolute Gasteiger partial charge is 0.397 e. The normalized spacial score (nSPS) is 37.5. The molecule has 3 aliphatic rings. The molecule has 15 unspecified atom stereocenters. The van der Waals surface area contributed by atoms with Crippen LogP contribution in [0.3, 0.4) is 0 Å². The van der Waals surface area contributed by atoms with E-state index in [4.69, 9.17) is 42.3 Å². The molecule has 0 saturated carbocycles. The average Bonchev–Trinajstić information content (AvgIpc) is 3.03. The van der Waals surface area contributed by atoms with E-state index >= 15 is 0 Å². The van der Waals surface area contributed by atoms with E-state index in [1.807, 2.05) is 0 Å². The lowest BCUT2D eigenvalue weighted by Crippen LogP contribution is -2.70. The van der Waals surface area contributed by atoms with Crippen molar-refractivity contribution in [3.63, 3.8) is 0 Å². The third-order valence-corrected chi connectivity index (χ3v) is 10.2. The molecule has 0 amide bonds. The van der Waals surface area contributed by atoms with E-state index in [9.17, 15) is 81.0 Å². The molecule has 3 rings (SSSR count). The van der Waals surface area contributed by atoms with Crippen molar-refractivity contribution in [2.75, 3.05) is 27.4 Å². The largest absolute Gasteiger partial charge is 0.479 e. The van der Waals surface area contributed by atoms with Crippen LogP contribution in [0.15, 0.2) is 0 Å². The molecule has 3 heterocycles. The summed E-state index contributed by atoms with van der Waals surface area (Å²) in [6.07, 6.45) is -31.3. The summed E-state index contributed by atoms with van der Waals surface area (Å²) >= 11 is 0. The molecular weight excluding hydrogens is 909 g/mol. The Morgan fingerprint density at radius 3 is 1.42 bits per heavy atom. The number of carboxylic acids is 1. The highest BCUT2D eigenvalue weighted by Gasteiger charge is 2.58. The van der Waals surface area contributed by atoms with Crippen LogP contribution in [-0.4, -0.2) is 211 Å². The van der Waals surface area contributed by atoms with Gasteiger partial charge in [-0.05, 0) is 0 Å². The maximum atomic E-state index is 12.5. The Balaban J connectivity index is 2.10. The van der Waals surface area contributed by atoms with Crippen LogP contribution in [0.25, 0.3) is 0 Å². The summed E-state index contributed by atoms with van der Waals surface area (Å²) in [6, 6.07) is -4.46. The van der Waals surface area contributed by atoms with Gasteiger partial charge in [0, 0.05) is 14.2 Å². The van der Waals surface area contributed by atoms with Gasteiger partial charge in [-0.3, -0.25) is 22.8 Å². The van der Waals surface area contributed by atoms with E-state index in [2.05, 4.69) is 12.5 Å². The number of aliphatic hydroxyl groups excluding tert-OH is 3. The first-order valence-electron chi connectivity index (χ1n) is 14.8. The number of aliphatic carboxylic acids is 1. The number of aliphatic hydroxyl groups is 3. The minimum atomic E-state index is -5.82. The maximum absolute atomic E-state index is 12.5. The fraction of sp³-hybridized carbons (Fsp3) is 0.950. The molecule has 336 valence electrons. The quantitative estimate of drug-likeness (QED) is 0.0536. The van der Waals surface area contributed by atoms with Crippen molar-refractivity contribution >= 4 is 57.8 Å². The molecule has 0 aromatic heterocycles. The third kappa shape index (κ3) is 14.5. The summed E-state index contributed by atoms with van der Waals surface area (Å²) in [5.74, 6) is -2.19. The topological polar surface area (TPSA) is 486 Å². The van der Waals surface area contributed by atoms with Crippen molar-refractivity contribution in [2.45, 2.75) is 92.0 Å². The SMILES string of the molecule is COC1OC(COS(=O)(=O)O)C(OC2OC(C(=O)O)C(OC3OC(COS(=O)(=O)O)C(OC)C(O)C3NS(=O)(=O)O)C(O)C2OS(=O)(=O)O)C(O)C1NS(=O)(=O)O. The van der Waals surface area contributed by atoms with Crippen molar-refractivity contribution in [1.82, 2.24) is 9.44 Å². The van der Waals surface area contributed by atoms with Crippen LogP contribution >= 0.6 is 0 Å². The molecule has 11 N–H and O–H groups in total. The van der Waals surface area contributed by atoms with Gasteiger partial charge in [-0.25, -0.2) is 17.3 Å². The number of hydrogen-bond donors (Lipinski definition) is 11. The minimum Gasteiger partial charge on any atom is -0.479 e. The fourth-order valence-corrected chi connectivity index (χ4v) is 7.91. The molecule has 0 aliphatic carbocycles. The van der Waals surface area contributed by atoms with Gasteiger partial charge in [-0.1, -0.05) is 0 Å². The lowest BCUT2D eigenvalue weighted by atomic mass is 9.95. The van der Waals surface area contributed by atoms with Gasteiger partial charge in [0.2, 0.25) is 0 Å². The van der Waals surface area contributed by atoms with E-state index < -0.39 is 163 Å². The minimum absolute atomic E-state index is 0.844. The molecule has 0 aromatic rings. The Morgan fingerprint density at radius 2 is 1.00 bits per heavy atom. The molecular formula is C20H36N2O30S5. The molecule has 32 nitrogen and oxygen atoms in total. The second kappa shape index (κ2) is 19.0. The van der Waals surface area contributed by atoms with Gasteiger partial charge in [0.1, 0.15) is 60.9 Å². The maximum Gasteiger partial charge on any atom is 0.397 e. The molecule has 0 radical (unpaired) electrons. The number of methoxy groups -OCH3 is 2. The van der Waals surface area contributed by atoms with Crippen molar-refractivity contribution in [1.29, 1.82) is 0 Å². The molecule has 3 saturated heterocycles. The molecule has 57 heavy (non-hydrogen) atoms. The van der Waals surface area contributed by atoms with Crippen LogP contribution in [-0.2, 0) is 102 Å². The monoisotopic (exact) mass is 944 g/mol. The first-order valence-corrected chi connectivity index (χ1v) is 21.8. The van der Waals surface area contributed by atoms with Crippen LogP contribution in [0.4, 0.5) is 0 Å². The van der Waals surface area contributed by atoms with Gasteiger partial charge in [0.25, 0.3) is 0 Å². The Bertz CT molecular complexity index is 1940. The lowest BCUT2D eigenvalue weighted by molar-refractivity contribution is -0.358. The van der Waals surface area contributed by atoms with Gasteiger partial charge in [-0.2, -0.15) is 51.5 Å². The predicted molar refractivity (Wildman–Crippen MR) is 168 cm³/mol. The van der Waals surface area contributed by atoms with Crippen molar-refractivity contribution in [3.8, 4) is 0 Å². The Hall–Kier alpha value is -1.58.